The van der Waals surface area contributed by atoms with Crippen molar-refractivity contribution in [3.8, 4) is 0 Å². The average Bonchev–Trinajstić information content (AvgIpc) is 2.42. The van der Waals surface area contributed by atoms with Crippen molar-refractivity contribution in [3.63, 3.8) is 0 Å². The number of nitrogens with two attached hydrogens (primary N) is 1. The predicted octanol–water partition coefficient (Wildman–Crippen LogP) is -0.224. The highest BCUT2D eigenvalue weighted by Gasteiger charge is 2.34. The van der Waals surface area contributed by atoms with Crippen molar-refractivity contribution in [3.05, 3.63) is 0 Å². The highest BCUT2D eigenvalue weighted by molar-refractivity contribution is 7.98. The van der Waals surface area contributed by atoms with E-state index in [-0.39, 0.29) is 12.5 Å². The monoisotopic (exact) mass is 319 g/mol. The van der Waals surface area contributed by atoms with Crippen LogP contribution in [-0.2, 0) is 9.53 Å². The summed E-state index contributed by atoms with van der Waals surface area (Å²) in [5.74, 6) is 0.505. The minimum atomic E-state index is -0.917. The van der Waals surface area contributed by atoms with Gasteiger partial charge in [0.2, 0.25) is 5.91 Å². The summed E-state index contributed by atoms with van der Waals surface area (Å²) in [7, 11) is 1.63. The lowest BCUT2D eigenvalue weighted by Gasteiger charge is -2.36. The second kappa shape index (κ2) is 8.45. The maximum absolute atomic E-state index is 12.4. The first-order valence-corrected chi connectivity index (χ1v) is 8.37. The fourth-order valence-corrected chi connectivity index (χ4v) is 2.83. The highest BCUT2D eigenvalue weighted by atomic mass is 32.2. The van der Waals surface area contributed by atoms with Gasteiger partial charge in [0, 0.05) is 39.6 Å². The van der Waals surface area contributed by atoms with Gasteiger partial charge in [-0.25, -0.2) is 4.79 Å². The van der Waals surface area contributed by atoms with Gasteiger partial charge >= 0.3 is 6.03 Å². The molecule has 1 heterocycles. The lowest BCUT2D eigenvalue weighted by Crippen LogP contribution is -2.53. The van der Waals surface area contributed by atoms with E-state index in [2.05, 4.69) is 5.32 Å². The van der Waals surface area contributed by atoms with Crippen LogP contribution < -0.4 is 11.1 Å². The standard InChI is InChI=1S/C13H25N3O4S/c1-16(9-13(19)4-6-20-7-5-13)11(17)10(3-8-21-2)15-12(14)18/h10,19H,3-9H2,1-2H3,(H3,14,15,18). The molecule has 3 amide bonds. The van der Waals surface area contributed by atoms with Crippen LogP contribution in [-0.4, -0.2) is 72.4 Å². The first kappa shape index (κ1) is 18.1. The van der Waals surface area contributed by atoms with Crippen molar-refractivity contribution in [2.75, 3.05) is 38.8 Å². The number of nitrogens with one attached hydrogen (secondary N) is 1. The normalized spacial score (nSPS) is 18.8. The van der Waals surface area contributed by atoms with Gasteiger partial charge < -0.3 is 25.8 Å². The Morgan fingerprint density at radius 2 is 2.10 bits per heavy atom. The quantitative estimate of drug-likeness (QED) is 0.601. The Hall–Kier alpha value is -0.990. The molecule has 1 unspecified atom stereocenters. The van der Waals surface area contributed by atoms with Crippen LogP contribution in [0.3, 0.4) is 0 Å². The summed E-state index contributed by atoms with van der Waals surface area (Å²) < 4.78 is 5.22. The maximum atomic E-state index is 12.4. The molecule has 0 saturated carbocycles. The van der Waals surface area contributed by atoms with E-state index in [1.165, 1.54) is 4.90 Å². The van der Waals surface area contributed by atoms with Crippen LogP contribution in [0.4, 0.5) is 4.79 Å². The predicted molar refractivity (Wildman–Crippen MR) is 82.1 cm³/mol. The summed E-state index contributed by atoms with van der Waals surface area (Å²) in [4.78, 5) is 24.9. The lowest BCUT2D eigenvalue weighted by atomic mass is 9.93. The van der Waals surface area contributed by atoms with Gasteiger partial charge in [0.1, 0.15) is 6.04 Å². The van der Waals surface area contributed by atoms with Crippen LogP contribution in [0.25, 0.3) is 0 Å². The van der Waals surface area contributed by atoms with Crippen molar-refractivity contribution in [2.45, 2.75) is 30.9 Å². The van der Waals surface area contributed by atoms with Gasteiger partial charge in [-0.15, -0.1) is 0 Å². The molecular formula is C13H25N3O4S. The van der Waals surface area contributed by atoms with Gasteiger partial charge in [-0.05, 0) is 18.4 Å². The number of urea groups is 1. The second-order valence-corrected chi connectivity index (χ2v) is 6.36. The molecule has 1 fully saturated rings. The minimum Gasteiger partial charge on any atom is -0.388 e. The Morgan fingerprint density at radius 3 is 2.62 bits per heavy atom. The summed E-state index contributed by atoms with van der Waals surface area (Å²) in [6.45, 7) is 1.22. The van der Waals surface area contributed by atoms with E-state index in [0.717, 1.165) is 5.75 Å². The molecule has 1 saturated heterocycles. The average molecular weight is 319 g/mol. The highest BCUT2D eigenvalue weighted by Crippen LogP contribution is 2.21. The number of hydrogen-bond acceptors (Lipinski definition) is 5. The van der Waals surface area contributed by atoms with Crippen LogP contribution in [0.2, 0.25) is 0 Å². The van der Waals surface area contributed by atoms with Crippen molar-refractivity contribution in [2.24, 2.45) is 5.73 Å². The fraction of sp³-hybridized carbons (Fsp3) is 0.846. The molecule has 21 heavy (non-hydrogen) atoms. The van der Waals surface area contributed by atoms with E-state index in [1.807, 2.05) is 6.26 Å². The molecular weight excluding hydrogens is 294 g/mol. The largest absolute Gasteiger partial charge is 0.388 e. The van der Waals surface area contributed by atoms with Crippen LogP contribution in [0.15, 0.2) is 0 Å². The fourth-order valence-electron chi connectivity index (χ4n) is 2.36. The summed E-state index contributed by atoms with van der Waals surface area (Å²) in [5.41, 5.74) is 4.20. The van der Waals surface area contributed by atoms with Gasteiger partial charge in [0.25, 0.3) is 0 Å². The van der Waals surface area contributed by atoms with E-state index in [1.54, 1.807) is 18.8 Å². The number of ether oxygens (including phenoxy) is 1. The molecule has 122 valence electrons. The molecule has 0 aliphatic carbocycles. The maximum Gasteiger partial charge on any atom is 0.312 e. The molecule has 0 radical (unpaired) electrons. The Morgan fingerprint density at radius 1 is 1.48 bits per heavy atom. The molecule has 4 N–H and O–H groups in total. The molecule has 1 atom stereocenters. The molecule has 1 rings (SSSR count). The number of carbonyl (C=O) groups excluding carboxylic acids is 2. The number of hydrogen-bond donors (Lipinski definition) is 3. The molecule has 1 aliphatic heterocycles. The second-order valence-electron chi connectivity index (χ2n) is 5.37. The van der Waals surface area contributed by atoms with Gasteiger partial charge in [0.15, 0.2) is 0 Å². The third kappa shape index (κ3) is 6.11. The topological polar surface area (TPSA) is 105 Å². The molecule has 0 aromatic rings. The number of likely N-dealkylation sites (N-methyl/N-ethyl adjacent to an activating group) is 1. The van der Waals surface area contributed by atoms with Crippen molar-refractivity contribution < 1.29 is 19.4 Å². The van der Waals surface area contributed by atoms with Crippen LogP contribution in [0.5, 0.6) is 0 Å². The van der Waals surface area contributed by atoms with Crippen LogP contribution in [0.1, 0.15) is 19.3 Å². The van der Waals surface area contributed by atoms with Gasteiger partial charge in [-0.2, -0.15) is 11.8 Å². The zero-order valence-corrected chi connectivity index (χ0v) is 13.4. The number of amides is 3. The Kier molecular flexibility index (Phi) is 7.27. The number of primary amides is 1. The van der Waals surface area contributed by atoms with Crippen LogP contribution in [0, 0.1) is 0 Å². The van der Waals surface area contributed by atoms with E-state index >= 15 is 0 Å². The van der Waals surface area contributed by atoms with E-state index in [4.69, 9.17) is 10.5 Å². The zero-order valence-electron chi connectivity index (χ0n) is 12.6. The summed E-state index contributed by atoms with van der Waals surface area (Å²) in [6.07, 6.45) is 3.45. The Labute approximate surface area is 129 Å². The SMILES string of the molecule is CSCCC(NC(N)=O)C(=O)N(C)CC1(O)CCOCC1. The Balaban J connectivity index is 2.61. The smallest absolute Gasteiger partial charge is 0.312 e. The van der Waals surface area contributed by atoms with E-state index in [0.29, 0.717) is 32.5 Å². The summed E-state index contributed by atoms with van der Waals surface area (Å²) in [6, 6.07) is -1.36. The van der Waals surface area contributed by atoms with Gasteiger partial charge in [0.05, 0.1) is 5.60 Å². The van der Waals surface area contributed by atoms with Crippen molar-refractivity contribution in [1.29, 1.82) is 0 Å². The van der Waals surface area contributed by atoms with E-state index < -0.39 is 17.7 Å². The Bertz CT molecular complexity index is 361. The number of carbonyl (C=O) groups is 2. The minimum absolute atomic E-state index is 0.228. The van der Waals surface area contributed by atoms with E-state index in [9.17, 15) is 14.7 Å². The molecule has 0 aromatic heterocycles. The lowest BCUT2D eigenvalue weighted by molar-refractivity contribution is -0.138. The molecule has 1 aliphatic rings. The number of aliphatic hydroxyl groups is 1. The molecule has 7 nitrogen and oxygen atoms in total. The number of nitrogens with zero attached hydrogens (tertiary/aromatic N) is 1. The zero-order chi connectivity index (χ0) is 15.9. The molecule has 0 aromatic carbocycles. The van der Waals surface area contributed by atoms with Crippen molar-refractivity contribution in [1.82, 2.24) is 10.2 Å². The third-order valence-corrected chi connectivity index (χ3v) is 4.20. The molecule has 0 spiro atoms. The molecule has 8 heteroatoms. The molecule has 0 bridgehead atoms. The van der Waals surface area contributed by atoms with Gasteiger partial charge in [-0.3, -0.25) is 4.79 Å². The summed E-state index contributed by atoms with van der Waals surface area (Å²) in [5, 5.41) is 12.9. The first-order chi connectivity index (χ1) is 9.88. The van der Waals surface area contributed by atoms with Gasteiger partial charge in [-0.1, -0.05) is 0 Å². The first-order valence-electron chi connectivity index (χ1n) is 6.98. The van der Waals surface area contributed by atoms with Crippen LogP contribution >= 0.6 is 11.8 Å². The number of rotatable bonds is 7. The number of thioether (sulfide) groups is 1. The third-order valence-electron chi connectivity index (χ3n) is 3.56. The summed E-state index contributed by atoms with van der Waals surface area (Å²) >= 11 is 1.59. The van der Waals surface area contributed by atoms with Crippen molar-refractivity contribution >= 4 is 23.7 Å².